The van der Waals surface area contributed by atoms with Gasteiger partial charge in [-0.05, 0) is 57.6 Å². The molecule has 0 saturated carbocycles. The summed E-state index contributed by atoms with van der Waals surface area (Å²) in [6.07, 6.45) is 14.3. The number of para-hydroxylation sites is 1. The van der Waals surface area contributed by atoms with Crippen molar-refractivity contribution in [3.63, 3.8) is 0 Å². The normalized spacial score (nSPS) is 15.3. The van der Waals surface area contributed by atoms with Crippen LogP contribution in [0.15, 0.2) is 82.4 Å². The molecule has 0 radical (unpaired) electrons. The number of aldehydes is 2. The number of rotatable bonds is 8. The summed E-state index contributed by atoms with van der Waals surface area (Å²) in [6, 6.07) is 9.29. The molecule has 2 aliphatic rings. The summed E-state index contributed by atoms with van der Waals surface area (Å²) in [6.45, 7) is 5.14. The van der Waals surface area contributed by atoms with Crippen molar-refractivity contribution in [2.75, 3.05) is 41.3 Å². The molecular weight excluding hydrogens is 544 g/mol. The molecule has 0 aliphatic heterocycles. The molecule has 0 bridgehead atoms. The molecule has 1 unspecified atom stereocenters. The summed E-state index contributed by atoms with van der Waals surface area (Å²) < 4.78 is 5.24. The van der Waals surface area contributed by atoms with Crippen LogP contribution in [0, 0.1) is 5.92 Å². The summed E-state index contributed by atoms with van der Waals surface area (Å²) >= 11 is 0. The van der Waals surface area contributed by atoms with Crippen molar-refractivity contribution >= 4 is 37.1 Å². The Morgan fingerprint density at radius 3 is 2.20 bits per heavy atom. The minimum Gasteiger partial charge on any atom is -0.506 e. The van der Waals surface area contributed by atoms with E-state index in [2.05, 4.69) is 18.8 Å². The maximum atomic E-state index is 11.1. The molecule has 1 aromatic carbocycles. The van der Waals surface area contributed by atoms with E-state index in [0.29, 0.717) is 17.7 Å². The van der Waals surface area contributed by atoms with Crippen molar-refractivity contribution in [3.8, 4) is 5.75 Å². The van der Waals surface area contributed by atoms with E-state index >= 15 is 0 Å². The Morgan fingerprint density at radius 1 is 1.07 bits per heavy atom. The first kappa shape index (κ1) is 39.5. The number of nitrogens with two attached hydrogens (primary N) is 1. The van der Waals surface area contributed by atoms with Gasteiger partial charge in [0.25, 0.3) is 5.91 Å². The van der Waals surface area contributed by atoms with Gasteiger partial charge >= 0.3 is 0 Å². The molecule has 1 aromatic rings. The molecule has 0 heterocycles. The number of carbonyl (C=O) groups excluding carboxylic acids is 3. The van der Waals surface area contributed by atoms with Gasteiger partial charge in [-0.3, -0.25) is 14.6 Å². The largest absolute Gasteiger partial charge is 0.506 e. The summed E-state index contributed by atoms with van der Waals surface area (Å²) in [5.41, 5.74) is 7.15. The molecule has 3 rings (SSSR count). The van der Waals surface area contributed by atoms with Crippen LogP contribution in [0.25, 0.3) is 0 Å². The maximum Gasteiger partial charge on any atom is 0.259 e. The van der Waals surface area contributed by atoms with Crippen molar-refractivity contribution in [3.05, 3.63) is 77.4 Å². The Hall–Kier alpha value is -3.69. The van der Waals surface area contributed by atoms with Crippen molar-refractivity contribution < 1.29 is 24.2 Å². The third-order valence-electron chi connectivity index (χ3n) is 5.02. The number of amides is 1. The highest BCUT2D eigenvalue weighted by Gasteiger charge is 2.11. The molecular formula is C31H47ClN4O5. The molecule has 1 amide bonds. The van der Waals surface area contributed by atoms with Crippen molar-refractivity contribution in [1.29, 1.82) is 0 Å². The lowest BCUT2D eigenvalue weighted by Gasteiger charge is -2.10. The number of aliphatic imine (C=N–C) groups is 1. The van der Waals surface area contributed by atoms with Gasteiger partial charge < -0.3 is 30.2 Å². The molecule has 3 N–H and O–H groups in total. The predicted octanol–water partition coefficient (Wildman–Crippen LogP) is 4.90. The summed E-state index contributed by atoms with van der Waals surface area (Å²) in [5.74, 6) is 0.607. The first-order valence-corrected chi connectivity index (χ1v) is 13.3. The number of likely N-dealkylation sites (N-methyl/N-ethyl adjacent to an activating group) is 1. The second kappa shape index (κ2) is 24.1. The lowest BCUT2D eigenvalue weighted by molar-refractivity contribution is -0.130. The SMILES string of the molecule is CCC.CN(C)C(=O)COc1ccccc1.CN(C)CC=NC1=CCCC=C1C=O.Cl.NC1=CC(C=O)CC=C1O. The van der Waals surface area contributed by atoms with E-state index in [1.54, 1.807) is 26.2 Å². The highest BCUT2D eigenvalue weighted by Crippen LogP contribution is 2.17. The standard InChI is InChI=1S/C11H16N2O.C10H13NO2.C7H9NO2.C3H8.ClH/c1-13(2)8-7-12-11-6-4-3-5-10(11)9-14;1-11(2)10(12)8-13-9-6-4-3-5-7-9;8-6-3-5(4-9)1-2-7(6)10;1-3-2;/h5-7,9H,3-4,8H2,1-2H3;3-7H,8H2,1-2H3;2-5,10H,1,8H2;3H2,1-2H3;1H. The summed E-state index contributed by atoms with van der Waals surface area (Å²) in [4.78, 5) is 39.8. The highest BCUT2D eigenvalue weighted by atomic mass is 35.5. The monoisotopic (exact) mass is 590 g/mol. The fourth-order valence-corrected chi connectivity index (χ4v) is 2.85. The second-order valence-electron chi connectivity index (χ2n) is 9.36. The van der Waals surface area contributed by atoms with Gasteiger partial charge in [-0.2, -0.15) is 0 Å². The number of halogens is 1. The number of aliphatic hydroxyl groups is 1. The van der Waals surface area contributed by atoms with Crippen LogP contribution in [0.4, 0.5) is 0 Å². The Bertz CT molecular complexity index is 1050. The summed E-state index contributed by atoms with van der Waals surface area (Å²) in [5, 5.41) is 8.94. The minimum atomic E-state index is -0.157. The number of aliphatic hydroxyl groups excluding tert-OH is 1. The Kier molecular flexibility index (Phi) is 23.2. The fourth-order valence-electron chi connectivity index (χ4n) is 2.85. The van der Waals surface area contributed by atoms with Crippen LogP contribution in [-0.2, 0) is 14.4 Å². The third kappa shape index (κ3) is 19.1. The molecule has 1 atom stereocenters. The quantitative estimate of drug-likeness (QED) is 0.326. The lowest BCUT2D eigenvalue weighted by atomic mass is 10.0. The fraction of sp³-hybridized carbons (Fsp3) is 0.419. The number of allylic oxidation sites excluding steroid dienone is 5. The van der Waals surface area contributed by atoms with Crippen LogP contribution in [0.1, 0.15) is 39.5 Å². The Balaban J connectivity index is 0. The van der Waals surface area contributed by atoms with E-state index in [1.165, 1.54) is 11.3 Å². The topological polar surface area (TPSA) is 126 Å². The van der Waals surface area contributed by atoms with Gasteiger partial charge in [0, 0.05) is 38.3 Å². The number of benzene rings is 1. The molecule has 41 heavy (non-hydrogen) atoms. The number of nitrogens with zero attached hydrogens (tertiary/aromatic N) is 3. The zero-order valence-corrected chi connectivity index (χ0v) is 26.0. The highest BCUT2D eigenvalue weighted by molar-refractivity contribution is 5.85. The zero-order valence-electron chi connectivity index (χ0n) is 25.2. The van der Waals surface area contributed by atoms with Crippen molar-refractivity contribution in [2.45, 2.75) is 39.5 Å². The molecule has 9 nitrogen and oxygen atoms in total. The van der Waals surface area contributed by atoms with Gasteiger partial charge in [0.2, 0.25) is 0 Å². The van der Waals surface area contributed by atoms with Crippen LogP contribution in [0.2, 0.25) is 0 Å². The van der Waals surface area contributed by atoms with Crippen LogP contribution in [0.3, 0.4) is 0 Å². The number of hydrogen-bond donors (Lipinski definition) is 2. The van der Waals surface area contributed by atoms with Crippen LogP contribution < -0.4 is 10.5 Å². The molecule has 228 valence electrons. The van der Waals surface area contributed by atoms with Gasteiger partial charge in [0.1, 0.15) is 17.8 Å². The Morgan fingerprint density at radius 2 is 1.68 bits per heavy atom. The van der Waals surface area contributed by atoms with Crippen LogP contribution in [-0.4, -0.2) is 80.9 Å². The molecule has 2 aliphatic carbocycles. The summed E-state index contributed by atoms with van der Waals surface area (Å²) in [7, 11) is 7.38. The first-order valence-electron chi connectivity index (χ1n) is 13.3. The van der Waals surface area contributed by atoms with Crippen LogP contribution >= 0.6 is 12.4 Å². The molecule has 10 heteroatoms. The average molecular weight is 591 g/mol. The lowest BCUT2D eigenvalue weighted by Crippen LogP contribution is -2.27. The average Bonchev–Trinajstić information content (AvgIpc) is 2.95. The zero-order chi connectivity index (χ0) is 30.3. The number of hydrogen-bond acceptors (Lipinski definition) is 8. The van der Waals surface area contributed by atoms with Crippen molar-refractivity contribution in [2.24, 2.45) is 16.6 Å². The van der Waals surface area contributed by atoms with E-state index in [1.807, 2.05) is 67.7 Å². The number of ether oxygens (including phenoxy) is 1. The van der Waals surface area contributed by atoms with Gasteiger partial charge in [0.05, 0.1) is 11.4 Å². The van der Waals surface area contributed by atoms with Gasteiger partial charge in [-0.15, -0.1) is 12.4 Å². The van der Waals surface area contributed by atoms with Gasteiger partial charge in [-0.25, -0.2) is 0 Å². The van der Waals surface area contributed by atoms with Gasteiger partial charge in [-0.1, -0.05) is 50.6 Å². The number of carbonyl (C=O) groups is 3. The van der Waals surface area contributed by atoms with Crippen molar-refractivity contribution in [1.82, 2.24) is 9.80 Å². The predicted molar refractivity (Wildman–Crippen MR) is 170 cm³/mol. The van der Waals surface area contributed by atoms with E-state index < -0.39 is 0 Å². The Labute approximate surface area is 251 Å². The second-order valence-corrected chi connectivity index (χ2v) is 9.36. The molecule has 0 aromatic heterocycles. The molecule has 0 saturated heterocycles. The third-order valence-corrected chi connectivity index (χ3v) is 5.02. The van der Waals surface area contributed by atoms with E-state index in [0.717, 1.165) is 43.4 Å². The van der Waals surface area contributed by atoms with E-state index in [9.17, 15) is 14.4 Å². The molecule has 0 spiro atoms. The van der Waals surface area contributed by atoms with Gasteiger partial charge in [0.15, 0.2) is 12.9 Å². The minimum absolute atomic E-state index is 0. The smallest absolute Gasteiger partial charge is 0.259 e. The maximum absolute atomic E-state index is 11.1. The first-order chi connectivity index (χ1) is 19.1. The van der Waals surface area contributed by atoms with Crippen LogP contribution in [0.5, 0.6) is 5.75 Å². The van der Waals surface area contributed by atoms with E-state index in [4.69, 9.17) is 15.6 Å². The molecule has 0 fully saturated rings. The van der Waals surface area contributed by atoms with E-state index in [-0.39, 0.29) is 36.6 Å².